The first-order chi connectivity index (χ1) is 15.0. The Bertz CT molecular complexity index is 967. The Balaban J connectivity index is 1.48. The molecule has 1 atom stereocenters. The average molecular weight is 446 g/mol. The van der Waals surface area contributed by atoms with Crippen molar-refractivity contribution in [3.8, 4) is 0 Å². The summed E-state index contributed by atoms with van der Waals surface area (Å²) in [6.07, 6.45) is 1.19. The van der Waals surface area contributed by atoms with Crippen LogP contribution in [-0.4, -0.2) is 57.0 Å². The van der Waals surface area contributed by atoms with Gasteiger partial charge in [-0.3, -0.25) is 9.59 Å². The minimum Gasteiger partial charge on any atom is -0.360 e. The molecule has 0 aromatic heterocycles. The summed E-state index contributed by atoms with van der Waals surface area (Å²) in [6.45, 7) is 0.925. The highest BCUT2D eigenvalue weighted by Gasteiger charge is 2.34. The smallest absolute Gasteiger partial charge is 0.309 e. The Morgan fingerprint density at radius 2 is 1.61 bits per heavy atom. The summed E-state index contributed by atoms with van der Waals surface area (Å²) in [5.74, 6) is -1.56. The summed E-state index contributed by atoms with van der Waals surface area (Å²) in [6, 6.07) is 17.9. The van der Waals surface area contributed by atoms with Crippen molar-refractivity contribution in [2.45, 2.75) is 30.4 Å². The van der Waals surface area contributed by atoms with E-state index in [1.165, 1.54) is 16.4 Å². The number of rotatable bonds is 8. The second kappa shape index (κ2) is 11.0. The molecule has 3 rings (SSSR count). The van der Waals surface area contributed by atoms with Crippen molar-refractivity contribution >= 4 is 21.8 Å². The van der Waals surface area contributed by atoms with Gasteiger partial charge >= 0.3 is 11.8 Å². The molecule has 0 radical (unpaired) electrons. The second-order valence-corrected chi connectivity index (χ2v) is 9.05. The fourth-order valence-electron chi connectivity index (χ4n) is 3.31. The zero-order chi connectivity index (χ0) is 22.1. The lowest BCUT2D eigenvalue weighted by molar-refractivity contribution is -0.140. The van der Waals surface area contributed by atoms with Crippen LogP contribution < -0.4 is 10.6 Å². The lowest BCUT2D eigenvalue weighted by atomic mass is 10.1. The first kappa shape index (κ1) is 22.9. The molecule has 31 heavy (non-hydrogen) atoms. The van der Waals surface area contributed by atoms with Gasteiger partial charge in [-0.15, -0.1) is 0 Å². The number of nitrogens with one attached hydrogen (secondary N) is 2. The van der Waals surface area contributed by atoms with E-state index in [9.17, 15) is 18.0 Å². The molecule has 8 nitrogen and oxygen atoms in total. The molecule has 0 unspecified atom stereocenters. The standard InChI is InChI=1S/C22H27N3O5S/c26-21(23-14-7-11-18-9-3-1-4-10-18)22(27)24-17-20-25(15-8-16-30-20)31(28,29)19-12-5-2-6-13-19/h1-6,9-10,12-13,20H,7-8,11,14-17H2,(H,23,26)(H,24,27)/t20-/m0/s1. The van der Waals surface area contributed by atoms with Crippen LogP contribution in [-0.2, 0) is 30.8 Å². The summed E-state index contributed by atoms with van der Waals surface area (Å²) >= 11 is 0. The molecule has 1 aliphatic rings. The Morgan fingerprint density at radius 1 is 0.968 bits per heavy atom. The number of carbonyl (C=O) groups is 2. The summed E-state index contributed by atoms with van der Waals surface area (Å²) in [5, 5.41) is 5.07. The van der Waals surface area contributed by atoms with Gasteiger partial charge in [-0.2, -0.15) is 4.31 Å². The number of nitrogens with zero attached hydrogens (tertiary/aromatic N) is 1. The van der Waals surface area contributed by atoms with E-state index in [4.69, 9.17) is 4.74 Å². The third-order valence-electron chi connectivity index (χ3n) is 4.92. The van der Waals surface area contributed by atoms with Crippen LogP contribution in [0.5, 0.6) is 0 Å². The van der Waals surface area contributed by atoms with Crippen molar-refractivity contribution in [3.63, 3.8) is 0 Å². The molecule has 1 fully saturated rings. The largest absolute Gasteiger partial charge is 0.360 e. The van der Waals surface area contributed by atoms with Gasteiger partial charge in [-0.25, -0.2) is 8.42 Å². The average Bonchev–Trinajstić information content (AvgIpc) is 2.81. The van der Waals surface area contributed by atoms with Crippen molar-refractivity contribution in [3.05, 3.63) is 66.2 Å². The van der Waals surface area contributed by atoms with E-state index in [1.807, 2.05) is 30.3 Å². The number of aryl methyl sites for hydroxylation is 1. The van der Waals surface area contributed by atoms with Crippen molar-refractivity contribution in [1.82, 2.24) is 14.9 Å². The van der Waals surface area contributed by atoms with Crippen LogP contribution in [0.2, 0.25) is 0 Å². The number of hydrogen-bond acceptors (Lipinski definition) is 5. The van der Waals surface area contributed by atoms with Gasteiger partial charge < -0.3 is 15.4 Å². The normalized spacial score (nSPS) is 17.1. The Kier molecular flexibility index (Phi) is 8.16. The second-order valence-electron chi connectivity index (χ2n) is 7.16. The molecule has 0 bridgehead atoms. The molecule has 2 aromatic carbocycles. The molecule has 0 spiro atoms. The van der Waals surface area contributed by atoms with Crippen LogP contribution >= 0.6 is 0 Å². The molecule has 1 heterocycles. The van der Waals surface area contributed by atoms with Gasteiger partial charge in [-0.1, -0.05) is 48.5 Å². The number of amides is 2. The van der Waals surface area contributed by atoms with E-state index < -0.39 is 28.1 Å². The summed E-state index contributed by atoms with van der Waals surface area (Å²) in [5.41, 5.74) is 1.16. The quantitative estimate of drug-likeness (QED) is 0.471. The fraction of sp³-hybridized carbons (Fsp3) is 0.364. The molecular formula is C22H27N3O5S. The monoisotopic (exact) mass is 445 g/mol. The molecule has 2 amide bonds. The minimum absolute atomic E-state index is 0.109. The topological polar surface area (TPSA) is 105 Å². The lowest BCUT2D eigenvalue weighted by Gasteiger charge is -2.34. The molecule has 9 heteroatoms. The van der Waals surface area contributed by atoms with Gasteiger partial charge in [-0.05, 0) is 37.0 Å². The van der Waals surface area contributed by atoms with Crippen LogP contribution in [0, 0.1) is 0 Å². The number of sulfonamides is 1. The molecule has 2 N–H and O–H groups in total. The lowest BCUT2D eigenvalue weighted by Crippen LogP contribution is -2.53. The van der Waals surface area contributed by atoms with Gasteiger partial charge in [0.05, 0.1) is 18.0 Å². The summed E-state index contributed by atoms with van der Waals surface area (Å²) < 4.78 is 32.6. The summed E-state index contributed by atoms with van der Waals surface area (Å²) in [7, 11) is -3.77. The predicted octanol–water partition coefficient (Wildman–Crippen LogP) is 1.29. The number of carbonyl (C=O) groups excluding carboxylic acids is 2. The maximum absolute atomic E-state index is 12.9. The van der Waals surface area contributed by atoms with Gasteiger partial charge in [0.2, 0.25) is 10.0 Å². The van der Waals surface area contributed by atoms with E-state index >= 15 is 0 Å². The van der Waals surface area contributed by atoms with Crippen LogP contribution in [0.4, 0.5) is 0 Å². The van der Waals surface area contributed by atoms with Crippen LogP contribution in [0.15, 0.2) is 65.6 Å². The molecule has 1 saturated heterocycles. The molecule has 166 valence electrons. The highest BCUT2D eigenvalue weighted by molar-refractivity contribution is 7.89. The SMILES string of the molecule is O=C(NCCCc1ccccc1)C(=O)NC[C@@H]1OCCCN1S(=O)(=O)c1ccccc1. The first-order valence-electron chi connectivity index (χ1n) is 10.3. The number of ether oxygens (including phenoxy) is 1. The third-order valence-corrected chi connectivity index (χ3v) is 6.82. The van der Waals surface area contributed by atoms with Crippen LogP contribution in [0.25, 0.3) is 0 Å². The van der Waals surface area contributed by atoms with Crippen molar-refractivity contribution in [2.24, 2.45) is 0 Å². The van der Waals surface area contributed by atoms with Crippen molar-refractivity contribution in [1.29, 1.82) is 0 Å². The van der Waals surface area contributed by atoms with Crippen LogP contribution in [0.3, 0.4) is 0 Å². The Morgan fingerprint density at radius 3 is 2.32 bits per heavy atom. The molecule has 1 aliphatic heterocycles. The van der Waals surface area contributed by atoms with Gasteiger partial charge in [0, 0.05) is 13.1 Å². The zero-order valence-electron chi connectivity index (χ0n) is 17.2. The maximum atomic E-state index is 12.9. The predicted molar refractivity (Wildman–Crippen MR) is 115 cm³/mol. The maximum Gasteiger partial charge on any atom is 0.309 e. The molecule has 0 saturated carbocycles. The molecular weight excluding hydrogens is 418 g/mol. The van der Waals surface area contributed by atoms with Crippen molar-refractivity contribution in [2.75, 3.05) is 26.2 Å². The van der Waals surface area contributed by atoms with E-state index in [-0.39, 0.29) is 18.0 Å². The van der Waals surface area contributed by atoms with Gasteiger partial charge in [0.1, 0.15) is 6.23 Å². The molecule has 0 aliphatic carbocycles. The highest BCUT2D eigenvalue weighted by Crippen LogP contribution is 2.21. The van der Waals surface area contributed by atoms with Crippen LogP contribution in [0.1, 0.15) is 18.4 Å². The minimum atomic E-state index is -3.77. The zero-order valence-corrected chi connectivity index (χ0v) is 18.0. The van der Waals surface area contributed by atoms with Gasteiger partial charge in [0.25, 0.3) is 0 Å². The highest BCUT2D eigenvalue weighted by atomic mass is 32.2. The summed E-state index contributed by atoms with van der Waals surface area (Å²) in [4.78, 5) is 24.3. The Labute approximate surface area is 182 Å². The van der Waals surface area contributed by atoms with E-state index in [0.29, 0.717) is 26.0 Å². The van der Waals surface area contributed by atoms with E-state index in [1.54, 1.807) is 18.2 Å². The fourth-order valence-corrected chi connectivity index (χ4v) is 4.90. The number of hydrogen-bond donors (Lipinski definition) is 2. The number of benzene rings is 2. The van der Waals surface area contributed by atoms with E-state index in [0.717, 1.165) is 12.0 Å². The van der Waals surface area contributed by atoms with E-state index in [2.05, 4.69) is 10.6 Å². The third kappa shape index (κ3) is 6.36. The Hall–Kier alpha value is -2.75. The van der Waals surface area contributed by atoms with Crippen molar-refractivity contribution < 1.29 is 22.7 Å². The molecule has 2 aromatic rings. The first-order valence-corrected chi connectivity index (χ1v) is 11.7. The van der Waals surface area contributed by atoms with Gasteiger partial charge in [0.15, 0.2) is 0 Å².